The molecule has 1 aromatic carbocycles. The highest BCUT2D eigenvalue weighted by atomic mass is 16.7. The molecule has 1 aromatic rings. The Morgan fingerprint density at radius 1 is 1.16 bits per heavy atom. The van der Waals surface area contributed by atoms with Gasteiger partial charge in [0.25, 0.3) is 0 Å². The summed E-state index contributed by atoms with van der Waals surface area (Å²) in [4.78, 5) is 26.4. The number of benzene rings is 1. The topological polar surface area (TPSA) is 55.8 Å². The Labute approximate surface area is 150 Å². The van der Waals surface area contributed by atoms with Gasteiger partial charge in [0.15, 0.2) is 6.23 Å². The van der Waals surface area contributed by atoms with Crippen molar-refractivity contribution in [1.29, 1.82) is 0 Å². The van der Waals surface area contributed by atoms with E-state index < -0.39 is 12.4 Å². The number of piperidine rings is 1. The van der Waals surface area contributed by atoms with Crippen molar-refractivity contribution in [1.82, 2.24) is 4.90 Å². The minimum atomic E-state index is -0.706. The van der Waals surface area contributed by atoms with Gasteiger partial charge in [-0.25, -0.2) is 4.79 Å². The summed E-state index contributed by atoms with van der Waals surface area (Å²) in [5.41, 5.74) is 4.50. The predicted molar refractivity (Wildman–Crippen MR) is 96.4 cm³/mol. The van der Waals surface area contributed by atoms with E-state index >= 15 is 0 Å². The number of hydrogen-bond acceptors (Lipinski definition) is 4. The number of hydrogen-bond donors (Lipinski definition) is 0. The summed E-state index contributed by atoms with van der Waals surface area (Å²) in [7, 11) is 0. The van der Waals surface area contributed by atoms with Crippen molar-refractivity contribution >= 4 is 12.1 Å². The summed E-state index contributed by atoms with van der Waals surface area (Å²) in [5, 5.41) is 0. The van der Waals surface area contributed by atoms with Gasteiger partial charge in [-0.3, -0.25) is 4.79 Å². The maximum absolute atomic E-state index is 13.0. The first-order valence-electron chi connectivity index (χ1n) is 9.04. The predicted octanol–water partition coefficient (Wildman–Crippen LogP) is 4.05. The Bertz CT molecular complexity index is 618. The first-order valence-corrected chi connectivity index (χ1v) is 9.04. The molecule has 0 saturated carbocycles. The van der Waals surface area contributed by atoms with Crippen LogP contribution < -0.4 is 0 Å². The van der Waals surface area contributed by atoms with E-state index in [1.54, 1.807) is 11.8 Å². The Balaban J connectivity index is 2.17. The number of amides is 1. The Morgan fingerprint density at radius 3 is 2.40 bits per heavy atom. The van der Waals surface area contributed by atoms with Gasteiger partial charge in [0.05, 0.1) is 13.0 Å². The zero-order valence-corrected chi connectivity index (χ0v) is 15.9. The lowest BCUT2D eigenvalue weighted by atomic mass is 9.95. The number of aryl methyl sites for hydroxylation is 3. The molecule has 0 radical (unpaired) electrons. The molecule has 1 saturated heterocycles. The van der Waals surface area contributed by atoms with Crippen LogP contribution >= 0.6 is 0 Å². The molecule has 1 aliphatic rings. The van der Waals surface area contributed by atoms with Gasteiger partial charge in [0, 0.05) is 12.5 Å². The van der Waals surface area contributed by atoms with E-state index in [-0.39, 0.29) is 18.6 Å². The van der Waals surface area contributed by atoms with Crippen molar-refractivity contribution in [3.05, 3.63) is 34.4 Å². The number of rotatable bonds is 4. The molecule has 5 heteroatoms. The number of likely N-dealkylation sites (tertiary alicyclic amines) is 1. The summed E-state index contributed by atoms with van der Waals surface area (Å²) in [6.07, 6.45) is 1.58. The monoisotopic (exact) mass is 347 g/mol. The SMILES string of the molecule is CCOC(=O)OC1CCCC(C)N1C(=O)Cc1c(C)cc(C)cc1C. The third-order valence-electron chi connectivity index (χ3n) is 4.81. The molecule has 0 bridgehead atoms. The average molecular weight is 347 g/mol. The zero-order chi connectivity index (χ0) is 18.6. The molecule has 0 N–H and O–H groups in total. The highest BCUT2D eigenvalue weighted by Crippen LogP contribution is 2.26. The average Bonchev–Trinajstić information content (AvgIpc) is 2.51. The molecule has 138 valence electrons. The van der Waals surface area contributed by atoms with Crippen LogP contribution in [0.1, 0.15) is 55.4 Å². The van der Waals surface area contributed by atoms with Crippen LogP contribution in [0.15, 0.2) is 12.1 Å². The van der Waals surface area contributed by atoms with Crippen molar-refractivity contribution in [3.8, 4) is 0 Å². The van der Waals surface area contributed by atoms with Crippen LogP contribution in [0.3, 0.4) is 0 Å². The van der Waals surface area contributed by atoms with E-state index in [1.165, 1.54) is 5.56 Å². The summed E-state index contributed by atoms with van der Waals surface area (Å²) in [5.74, 6) is -0.00319. The second-order valence-electron chi connectivity index (χ2n) is 6.89. The molecule has 1 aliphatic heterocycles. The van der Waals surface area contributed by atoms with Crippen molar-refractivity contribution < 1.29 is 19.1 Å². The van der Waals surface area contributed by atoms with Gasteiger partial charge in [0.2, 0.25) is 5.91 Å². The van der Waals surface area contributed by atoms with Crippen LogP contribution in [0.25, 0.3) is 0 Å². The number of ether oxygens (including phenoxy) is 2. The van der Waals surface area contributed by atoms with Gasteiger partial charge < -0.3 is 14.4 Å². The summed E-state index contributed by atoms with van der Waals surface area (Å²) in [6.45, 7) is 10.1. The van der Waals surface area contributed by atoms with E-state index in [4.69, 9.17) is 9.47 Å². The third kappa shape index (κ3) is 4.74. The lowest BCUT2D eigenvalue weighted by molar-refractivity contribution is -0.151. The molecule has 5 nitrogen and oxygen atoms in total. The van der Waals surface area contributed by atoms with Crippen molar-refractivity contribution in [2.24, 2.45) is 0 Å². The second-order valence-corrected chi connectivity index (χ2v) is 6.89. The van der Waals surface area contributed by atoms with E-state index in [0.29, 0.717) is 12.8 Å². The van der Waals surface area contributed by atoms with Crippen LogP contribution in [0.2, 0.25) is 0 Å². The van der Waals surface area contributed by atoms with Gasteiger partial charge in [-0.05, 0) is 64.2 Å². The summed E-state index contributed by atoms with van der Waals surface area (Å²) < 4.78 is 10.3. The molecule has 0 spiro atoms. The van der Waals surface area contributed by atoms with E-state index in [9.17, 15) is 9.59 Å². The minimum absolute atomic E-state index is 0.00319. The van der Waals surface area contributed by atoms with Gasteiger partial charge in [-0.1, -0.05) is 17.7 Å². The fourth-order valence-corrected chi connectivity index (χ4v) is 3.67. The molecule has 2 unspecified atom stereocenters. The maximum atomic E-state index is 13.0. The normalized spacial score (nSPS) is 20.3. The molecule has 1 fully saturated rings. The van der Waals surface area contributed by atoms with Gasteiger partial charge in [-0.15, -0.1) is 0 Å². The Morgan fingerprint density at radius 2 is 1.80 bits per heavy atom. The maximum Gasteiger partial charge on any atom is 0.510 e. The molecule has 0 aromatic heterocycles. The summed E-state index contributed by atoms with van der Waals surface area (Å²) >= 11 is 0. The molecule has 1 amide bonds. The lowest BCUT2D eigenvalue weighted by Crippen LogP contribution is -2.51. The van der Waals surface area contributed by atoms with E-state index in [1.807, 2.05) is 20.8 Å². The van der Waals surface area contributed by atoms with Gasteiger partial charge >= 0.3 is 6.16 Å². The smallest absolute Gasteiger partial charge is 0.435 e. The lowest BCUT2D eigenvalue weighted by Gasteiger charge is -2.39. The first kappa shape index (κ1) is 19.3. The molecule has 2 atom stereocenters. The molecule has 0 aliphatic carbocycles. The molecular formula is C20H29NO4. The van der Waals surface area contributed by atoms with Crippen LogP contribution in [0.5, 0.6) is 0 Å². The highest BCUT2D eigenvalue weighted by Gasteiger charge is 2.34. The van der Waals surface area contributed by atoms with Crippen LogP contribution in [-0.4, -0.2) is 35.8 Å². The Kier molecular flexibility index (Phi) is 6.45. The molecule has 2 rings (SSSR count). The highest BCUT2D eigenvalue weighted by molar-refractivity contribution is 5.80. The number of carbonyl (C=O) groups is 2. The summed E-state index contributed by atoms with van der Waals surface area (Å²) in [6, 6.07) is 4.25. The van der Waals surface area contributed by atoms with Crippen LogP contribution in [0.4, 0.5) is 4.79 Å². The Hall–Kier alpha value is -2.04. The van der Waals surface area contributed by atoms with Crippen LogP contribution in [-0.2, 0) is 20.7 Å². The quantitative estimate of drug-likeness (QED) is 0.771. The number of nitrogens with zero attached hydrogens (tertiary/aromatic N) is 1. The van der Waals surface area contributed by atoms with Crippen LogP contribution in [0, 0.1) is 20.8 Å². The van der Waals surface area contributed by atoms with E-state index in [0.717, 1.165) is 29.5 Å². The first-order chi connectivity index (χ1) is 11.8. The van der Waals surface area contributed by atoms with E-state index in [2.05, 4.69) is 19.1 Å². The minimum Gasteiger partial charge on any atom is -0.435 e. The van der Waals surface area contributed by atoms with Gasteiger partial charge in [-0.2, -0.15) is 0 Å². The third-order valence-corrected chi connectivity index (χ3v) is 4.81. The fourth-order valence-electron chi connectivity index (χ4n) is 3.67. The molecular weight excluding hydrogens is 318 g/mol. The second kappa shape index (κ2) is 8.37. The molecule has 1 heterocycles. The number of carbonyl (C=O) groups excluding carboxylic acids is 2. The van der Waals surface area contributed by atoms with Crippen molar-refractivity contribution in [3.63, 3.8) is 0 Å². The van der Waals surface area contributed by atoms with Crippen molar-refractivity contribution in [2.75, 3.05) is 6.61 Å². The van der Waals surface area contributed by atoms with Crippen molar-refractivity contribution in [2.45, 2.75) is 72.6 Å². The standard InChI is InChI=1S/C20H29NO4/c1-6-24-20(23)25-19-9-7-8-16(5)21(19)18(22)12-17-14(3)10-13(2)11-15(17)4/h10-11,16,19H,6-9,12H2,1-5H3. The van der Waals surface area contributed by atoms with Gasteiger partial charge in [0.1, 0.15) is 0 Å². The largest absolute Gasteiger partial charge is 0.510 e. The fraction of sp³-hybridized carbons (Fsp3) is 0.600. The molecule has 25 heavy (non-hydrogen) atoms. The zero-order valence-electron chi connectivity index (χ0n) is 15.9.